The molecule has 0 saturated heterocycles. The second kappa shape index (κ2) is 12.0. The van der Waals surface area contributed by atoms with E-state index in [-0.39, 0.29) is 31.9 Å². The van der Waals surface area contributed by atoms with Crippen molar-refractivity contribution in [2.24, 2.45) is 0 Å². The Labute approximate surface area is 256 Å². The van der Waals surface area contributed by atoms with E-state index in [1.54, 1.807) is 12.1 Å². The summed E-state index contributed by atoms with van der Waals surface area (Å²) in [6.45, 7) is 0. The summed E-state index contributed by atoms with van der Waals surface area (Å²) < 4.78 is 85.2. The van der Waals surface area contributed by atoms with Crippen molar-refractivity contribution in [3.63, 3.8) is 0 Å². The molecule has 5 aromatic rings. The molecule has 0 aliphatic rings. The highest BCUT2D eigenvalue weighted by Crippen LogP contribution is 2.35. The first-order valence-corrected chi connectivity index (χ1v) is 16.0. The number of nitrogens with two attached hydrogens (primary N) is 1. The van der Waals surface area contributed by atoms with Gasteiger partial charge in [0.1, 0.15) is 22.3 Å². The molecule has 4 aromatic carbocycles. The molecule has 0 bridgehead atoms. The predicted octanol–water partition coefficient (Wildman–Crippen LogP) is 6.20. The highest BCUT2D eigenvalue weighted by Gasteiger charge is 2.29. The zero-order valence-corrected chi connectivity index (χ0v) is 24.7. The maximum Gasteiger partial charge on any atom is 0.263 e. The van der Waals surface area contributed by atoms with Gasteiger partial charge in [-0.3, -0.25) is 9.52 Å². The number of hydrogen-bond acceptors (Lipinski definition) is 8. The van der Waals surface area contributed by atoms with Crippen molar-refractivity contribution in [1.82, 2.24) is 4.98 Å². The number of nitrogens with zero attached hydrogens (tertiary/aromatic N) is 1. The van der Waals surface area contributed by atoms with Crippen molar-refractivity contribution in [3.05, 3.63) is 131 Å². The Hall–Kier alpha value is -4.85. The minimum absolute atomic E-state index is 0.0275. The summed E-state index contributed by atoms with van der Waals surface area (Å²) in [5.74, 6) is -4.12. The number of sulfonamides is 1. The Balaban J connectivity index is 1.66. The lowest BCUT2D eigenvalue weighted by molar-refractivity contribution is 0.103. The predicted molar refractivity (Wildman–Crippen MR) is 162 cm³/mol. The van der Waals surface area contributed by atoms with Gasteiger partial charge >= 0.3 is 0 Å². The number of ketones is 1. The molecule has 0 unspecified atom stereocenters. The molecular weight excluding hydrogens is 634 g/mol. The molecule has 1 aromatic heterocycles. The summed E-state index contributed by atoms with van der Waals surface area (Å²) in [4.78, 5) is 16.9. The SMILES string of the molecule is Nc1nc(S(=O)(=O)c2ccccc2)c(Nc2ccccc2NS(=O)(=O)c2ccccc2Cl)cc1C(=O)c1c(F)cccc1F. The first-order chi connectivity index (χ1) is 20.9. The van der Waals surface area contributed by atoms with Crippen LogP contribution in [0.5, 0.6) is 0 Å². The zero-order valence-electron chi connectivity index (χ0n) is 22.3. The van der Waals surface area contributed by atoms with Crippen molar-refractivity contribution < 1.29 is 30.4 Å². The van der Waals surface area contributed by atoms with E-state index in [4.69, 9.17) is 17.3 Å². The van der Waals surface area contributed by atoms with Gasteiger partial charge in [0, 0.05) is 0 Å². The van der Waals surface area contributed by atoms with Crippen molar-refractivity contribution in [2.75, 3.05) is 15.8 Å². The molecule has 0 spiro atoms. The van der Waals surface area contributed by atoms with Gasteiger partial charge in [-0.2, -0.15) is 0 Å². The topological polar surface area (TPSA) is 148 Å². The number of carbonyl (C=O) groups is 1. The van der Waals surface area contributed by atoms with Crippen molar-refractivity contribution in [2.45, 2.75) is 14.8 Å². The van der Waals surface area contributed by atoms with Crippen LogP contribution in [0, 0.1) is 11.6 Å². The monoisotopic (exact) mass is 654 g/mol. The Kier molecular flexibility index (Phi) is 8.37. The van der Waals surface area contributed by atoms with Crippen molar-refractivity contribution >= 4 is 60.1 Å². The van der Waals surface area contributed by atoms with Crippen LogP contribution in [0.4, 0.5) is 31.7 Å². The van der Waals surface area contributed by atoms with Crippen LogP contribution < -0.4 is 15.8 Å². The van der Waals surface area contributed by atoms with Gasteiger partial charge in [-0.25, -0.2) is 30.6 Å². The van der Waals surface area contributed by atoms with E-state index in [2.05, 4.69) is 15.0 Å². The third-order valence-electron chi connectivity index (χ3n) is 6.33. The minimum atomic E-state index is -4.40. The molecular formula is C30H21ClF2N4O5S2. The maximum absolute atomic E-state index is 14.5. The van der Waals surface area contributed by atoms with Gasteiger partial charge in [0.05, 0.1) is 38.1 Å². The number of halogens is 3. The van der Waals surface area contributed by atoms with E-state index >= 15 is 0 Å². The molecule has 0 amide bonds. The second-order valence-electron chi connectivity index (χ2n) is 9.22. The summed E-state index contributed by atoms with van der Waals surface area (Å²) in [6.07, 6.45) is 0. The van der Waals surface area contributed by atoms with Crippen molar-refractivity contribution in [3.8, 4) is 0 Å². The standard InChI is InChI=1S/C30H21ClF2N4O5S2/c31-20-11-4-7-16-26(20)44(41,42)37-24-15-6-5-14-23(24)35-25-17-19(28(38)27-21(32)12-8-13-22(27)33)29(34)36-30(25)43(39,40)18-9-2-1-3-10-18/h1-17,35,37H,(H2,34,36). The van der Waals surface area contributed by atoms with Crippen LogP contribution in [-0.4, -0.2) is 27.6 Å². The second-order valence-corrected chi connectivity index (χ2v) is 13.1. The fourth-order valence-corrected chi connectivity index (χ4v) is 7.19. The van der Waals surface area contributed by atoms with Gasteiger partial charge in [-0.05, 0) is 54.6 Å². The van der Waals surface area contributed by atoms with Crippen LogP contribution >= 0.6 is 11.6 Å². The average Bonchev–Trinajstić information content (AvgIpc) is 2.99. The molecule has 0 aliphatic carbocycles. The Morgan fingerprint density at radius 2 is 1.34 bits per heavy atom. The average molecular weight is 655 g/mol. The van der Waals surface area contributed by atoms with Gasteiger partial charge in [0.25, 0.3) is 10.0 Å². The number of rotatable bonds is 9. The molecule has 9 nitrogen and oxygen atoms in total. The molecule has 0 atom stereocenters. The quantitative estimate of drug-likeness (QED) is 0.159. The number of pyridine rings is 1. The zero-order chi connectivity index (χ0) is 31.6. The lowest BCUT2D eigenvalue weighted by atomic mass is 10.0. The number of para-hydroxylation sites is 2. The third-order valence-corrected chi connectivity index (χ3v) is 9.90. The van der Waals surface area contributed by atoms with Crippen LogP contribution in [0.3, 0.4) is 0 Å². The molecule has 0 aliphatic heterocycles. The molecule has 224 valence electrons. The summed E-state index contributed by atoms with van der Waals surface area (Å²) in [5.41, 5.74) is 4.28. The van der Waals surface area contributed by atoms with Gasteiger partial charge in [0.2, 0.25) is 15.6 Å². The molecule has 44 heavy (non-hydrogen) atoms. The van der Waals surface area contributed by atoms with E-state index in [9.17, 15) is 30.4 Å². The minimum Gasteiger partial charge on any atom is -0.383 e. The van der Waals surface area contributed by atoms with E-state index in [1.165, 1.54) is 66.7 Å². The largest absolute Gasteiger partial charge is 0.383 e. The summed E-state index contributed by atoms with van der Waals surface area (Å²) in [5, 5.41) is 2.15. The van der Waals surface area contributed by atoms with Gasteiger partial charge in [-0.1, -0.05) is 60.1 Å². The first-order valence-electron chi connectivity index (χ1n) is 12.6. The molecule has 1 heterocycles. The number of aromatic nitrogens is 1. The fourth-order valence-electron chi connectivity index (χ4n) is 4.24. The molecule has 0 radical (unpaired) electrons. The first kappa shape index (κ1) is 30.6. The normalized spacial score (nSPS) is 11.6. The number of benzene rings is 4. The number of sulfone groups is 1. The lowest BCUT2D eigenvalue weighted by Gasteiger charge is -2.18. The van der Waals surface area contributed by atoms with Gasteiger partial charge < -0.3 is 11.1 Å². The highest BCUT2D eigenvalue weighted by atomic mass is 35.5. The Bertz CT molecular complexity index is 2110. The lowest BCUT2D eigenvalue weighted by Crippen LogP contribution is -2.17. The fraction of sp³-hybridized carbons (Fsp3) is 0. The van der Waals surface area contributed by atoms with Gasteiger partial charge in [-0.15, -0.1) is 0 Å². The Morgan fingerprint density at radius 1 is 0.750 bits per heavy atom. The molecule has 5 rings (SSSR count). The number of nitrogens with one attached hydrogen (secondary N) is 2. The van der Waals surface area contributed by atoms with Crippen LogP contribution in [0.2, 0.25) is 5.02 Å². The molecule has 0 fully saturated rings. The van der Waals surface area contributed by atoms with E-state index in [0.717, 1.165) is 24.3 Å². The highest BCUT2D eigenvalue weighted by molar-refractivity contribution is 7.93. The molecule has 14 heteroatoms. The number of nitrogen functional groups attached to an aromatic ring is 1. The van der Waals surface area contributed by atoms with Crippen LogP contribution in [0.1, 0.15) is 15.9 Å². The smallest absolute Gasteiger partial charge is 0.263 e. The summed E-state index contributed by atoms with van der Waals surface area (Å²) >= 11 is 6.10. The number of hydrogen-bond donors (Lipinski definition) is 3. The van der Waals surface area contributed by atoms with Crippen molar-refractivity contribution in [1.29, 1.82) is 0 Å². The van der Waals surface area contributed by atoms with E-state index in [0.29, 0.717) is 0 Å². The van der Waals surface area contributed by atoms with E-state index in [1.807, 2.05) is 0 Å². The van der Waals surface area contributed by atoms with Crippen LogP contribution in [0.15, 0.2) is 118 Å². The molecule has 4 N–H and O–H groups in total. The Morgan fingerprint density at radius 3 is 2.00 bits per heavy atom. The third kappa shape index (κ3) is 5.97. The number of carbonyl (C=O) groups excluding carboxylic acids is 1. The van der Waals surface area contributed by atoms with E-state index < -0.39 is 59.2 Å². The van der Waals surface area contributed by atoms with Gasteiger partial charge in [0.15, 0.2) is 5.03 Å². The molecule has 0 saturated carbocycles. The summed E-state index contributed by atoms with van der Waals surface area (Å²) in [7, 11) is -8.63. The van der Waals surface area contributed by atoms with Crippen LogP contribution in [-0.2, 0) is 19.9 Å². The van der Waals surface area contributed by atoms with Crippen LogP contribution in [0.25, 0.3) is 0 Å². The maximum atomic E-state index is 14.5. The number of anilines is 4. The summed E-state index contributed by atoms with van der Waals surface area (Å²) in [6, 6.07) is 22.7.